The van der Waals surface area contributed by atoms with Gasteiger partial charge in [0.1, 0.15) is 0 Å². The molecular formula is C17H30N2O. The van der Waals surface area contributed by atoms with Crippen molar-refractivity contribution >= 4 is 5.91 Å². The summed E-state index contributed by atoms with van der Waals surface area (Å²) in [6, 6.07) is 0.227. The lowest BCUT2D eigenvalue weighted by atomic mass is 9.74. The zero-order chi connectivity index (χ0) is 14.1. The van der Waals surface area contributed by atoms with Gasteiger partial charge in [-0.05, 0) is 49.9 Å². The number of nitrogens with two attached hydrogens (primary N) is 1. The number of hydrogen-bond donors (Lipinski definition) is 1. The predicted octanol–water partition coefficient (Wildman–Crippen LogP) is 2.79. The fourth-order valence-electron chi connectivity index (χ4n) is 4.64. The van der Waals surface area contributed by atoms with Gasteiger partial charge in [0, 0.05) is 25.0 Å². The summed E-state index contributed by atoms with van der Waals surface area (Å²) >= 11 is 0. The number of hydrogen-bond acceptors (Lipinski definition) is 2. The molecule has 2 saturated carbocycles. The highest BCUT2D eigenvalue weighted by Gasteiger charge is 2.37. The first-order valence-corrected chi connectivity index (χ1v) is 8.69. The highest BCUT2D eigenvalue weighted by molar-refractivity contribution is 5.79. The van der Waals surface area contributed by atoms with Crippen molar-refractivity contribution in [2.75, 3.05) is 13.1 Å². The molecule has 1 aliphatic heterocycles. The number of piperidine rings is 1. The van der Waals surface area contributed by atoms with Gasteiger partial charge in [0.25, 0.3) is 0 Å². The Balaban J connectivity index is 1.57. The Morgan fingerprint density at radius 2 is 1.80 bits per heavy atom. The third-order valence-corrected chi connectivity index (χ3v) is 6.21. The summed E-state index contributed by atoms with van der Waals surface area (Å²) in [5, 5.41) is 0. The Labute approximate surface area is 123 Å². The molecule has 0 aromatic rings. The van der Waals surface area contributed by atoms with Crippen LogP contribution in [0.1, 0.15) is 58.3 Å². The molecular weight excluding hydrogens is 248 g/mol. The van der Waals surface area contributed by atoms with E-state index in [1.54, 1.807) is 0 Å². The Hall–Kier alpha value is -0.570. The van der Waals surface area contributed by atoms with Crippen LogP contribution >= 0.6 is 0 Å². The first kappa shape index (κ1) is 14.4. The van der Waals surface area contributed by atoms with Crippen molar-refractivity contribution in [3.63, 3.8) is 0 Å². The molecule has 0 aromatic heterocycles. The predicted molar refractivity (Wildman–Crippen MR) is 81.1 cm³/mol. The molecule has 0 radical (unpaired) electrons. The van der Waals surface area contributed by atoms with Crippen molar-refractivity contribution < 1.29 is 4.79 Å². The van der Waals surface area contributed by atoms with E-state index in [2.05, 4.69) is 11.8 Å². The SMILES string of the molecule is CC1CCC(C(=O)N2CCC3CCCCC3C2)CC1N. The van der Waals surface area contributed by atoms with Gasteiger partial charge in [0.05, 0.1) is 0 Å². The van der Waals surface area contributed by atoms with Crippen molar-refractivity contribution in [2.45, 2.75) is 64.3 Å². The Bertz CT molecular complexity index is 357. The highest BCUT2D eigenvalue weighted by Crippen LogP contribution is 2.37. The molecule has 1 saturated heterocycles. The van der Waals surface area contributed by atoms with E-state index in [9.17, 15) is 4.79 Å². The van der Waals surface area contributed by atoms with E-state index in [0.717, 1.165) is 44.2 Å². The quantitative estimate of drug-likeness (QED) is 0.801. The molecule has 2 aliphatic carbocycles. The van der Waals surface area contributed by atoms with Crippen LogP contribution in [0.2, 0.25) is 0 Å². The number of rotatable bonds is 1. The van der Waals surface area contributed by atoms with E-state index in [4.69, 9.17) is 5.73 Å². The van der Waals surface area contributed by atoms with Gasteiger partial charge in [-0.2, -0.15) is 0 Å². The van der Waals surface area contributed by atoms with Crippen molar-refractivity contribution in [1.29, 1.82) is 0 Å². The maximum absolute atomic E-state index is 12.8. The Kier molecular flexibility index (Phi) is 4.34. The molecule has 3 aliphatic rings. The van der Waals surface area contributed by atoms with E-state index in [1.165, 1.54) is 32.1 Å². The highest BCUT2D eigenvalue weighted by atomic mass is 16.2. The molecule has 0 aromatic carbocycles. The van der Waals surface area contributed by atoms with E-state index in [-0.39, 0.29) is 12.0 Å². The van der Waals surface area contributed by atoms with E-state index < -0.39 is 0 Å². The Morgan fingerprint density at radius 1 is 1.05 bits per heavy atom. The second kappa shape index (κ2) is 6.05. The summed E-state index contributed by atoms with van der Waals surface area (Å²) in [6.07, 6.45) is 9.85. The van der Waals surface area contributed by atoms with Crippen LogP contribution in [-0.2, 0) is 4.79 Å². The average molecular weight is 278 g/mol. The molecule has 5 unspecified atom stereocenters. The summed E-state index contributed by atoms with van der Waals surface area (Å²) < 4.78 is 0. The molecule has 3 rings (SSSR count). The van der Waals surface area contributed by atoms with Crippen LogP contribution in [0.4, 0.5) is 0 Å². The minimum absolute atomic E-state index is 0.210. The summed E-state index contributed by atoms with van der Waals surface area (Å²) in [6.45, 7) is 4.25. The third kappa shape index (κ3) is 2.88. The van der Waals surface area contributed by atoms with Gasteiger partial charge >= 0.3 is 0 Å². The second-order valence-electron chi connectivity index (χ2n) is 7.53. The lowest BCUT2D eigenvalue weighted by molar-refractivity contribution is -0.140. The average Bonchev–Trinajstić information content (AvgIpc) is 2.49. The number of carbonyl (C=O) groups excluding carboxylic acids is 1. The van der Waals surface area contributed by atoms with Crippen LogP contribution in [0.25, 0.3) is 0 Å². The van der Waals surface area contributed by atoms with E-state index in [1.807, 2.05) is 0 Å². The van der Waals surface area contributed by atoms with Gasteiger partial charge in [-0.3, -0.25) is 4.79 Å². The zero-order valence-electron chi connectivity index (χ0n) is 12.9. The minimum Gasteiger partial charge on any atom is -0.342 e. The number of carbonyl (C=O) groups is 1. The fourth-order valence-corrected chi connectivity index (χ4v) is 4.64. The maximum Gasteiger partial charge on any atom is 0.225 e. The van der Waals surface area contributed by atoms with Crippen LogP contribution in [0.5, 0.6) is 0 Å². The number of nitrogens with zero attached hydrogens (tertiary/aromatic N) is 1. The fraction of sp³-hybridized carbons (Fsp3) is 0.941. The third-order valence-electron chi connectivity index (χ3n) is 6.21. The van der Waals surface area contributed by atoms with Gasteiger partial charge in [-0.1, -0.05) is 26.2 Å². The molecule has 3 heteroatoms. The minimum atomic E-state index is 0.210. The van der Waals surface area contributed by atoms with Gasteiger partial charge in [-0.15, -0.1) is 0 Å². The standard InChI is InChI=1S/C17H30N2O/c1-12-6-7-14(10-16(12)18)17(20)19-9-8-13-4-2-3-5-15(13)11-19/h12-16H,2-11,18H2,1H3. The van der Waals surface area contributed by atoms with Crippen LogP contribution in [0.3, 0.4) is 0 Å². The van der Waals surface area contributed by atoms with Crippen molar-refractivity contribution in [2.24, 2.45) is 29.4 Å². The number of likely N-dealkylation sites (tertiary alicyclic amines) is 1. The number of amides is 1. The topological polar surface area (TPSA) is 46.3 Å². The van der Waals surface area contributed by atoms with Crippen LogP contribution < -0.4 is 5.73 Å². The van der Waals surface area contributed by atoms with Crippen molar-refractivity contribution in [1.82, 2.24) is 4.90 Å². The van der Waals surface area contributed by atoms with Gasteiger partial charge in [-0.25, -0.2) is 0 Å². The van der Waals surface area contributed by atoms with E-state index in [0.29, 0.717) is 11.8 Å². The van der Waals surface area contributed by atoms with Crippen LogP contribution in [-0.4, -0.2) is 29.9 Å². The molecule has 0 bridgehead atoms. The smallest absolute Gasteiger partial charge is 0.225 e. The molecule has 1 heterocycles. The lowest BCUT2D eigenvalue weighted by Gasteiger charge is -2.43. The number of fused-ring (bicyclic) bond motifs is 1. The first-order chi connectivity index (χ1) is 9.65. The molecule has 3 fully saturated rings. The van der Waals surface area contributed by atoms with Gasteiger partial charge in [0.2, 0.25) is 5.91 Å². The van der Waals surface area contributed by atoms with E-state index >= 15 is 0 Å². The zero-order valence-corrected chi connectivity index (χ0v) is 12.9. The second-order valence-corrected chi connectivity index (χ2v) is 7.53. The van der Waals surface area contributed by atoms with Crippen molar-refractivity contribution in [3.05, 3.63) is 0 Å². The molecule has 1 amide bonds. The molecule has 0 spiro atoms. The van der Waals surface area contributed by atoms with Crippen molar-refractivity contribution in [3.8, 4) is 0 Å². The monoisotopic (exact) mass is 278 g/mol. The van der Waals surface area contributed by atoms with Crippen LogP contribution in [0.15, 0.2) is 0 Å². The summed E-state index contributed by atoms with van der Waals surface area (Å²) in [5.41, 5.74) is 6.17. The Morgan fingerprint density at radius 3 is 2.55 bits per heavy atom. The molecule has 20 heavy (non-hydrogen) atoms. The molecule has 114 valence electrons. The van der Waals surface area contributed by atoms with Gasteiger partial charge in [0.15, 0.2) is 0 Å². The summed E-state index contributed by atoms with van der Waals surface area (Å²) in [4.78, 5) is 14.9. The normalized spacial score (nSPS) is 42.1. The first-order valence-electron chi connectivity index (χ1n) is 8.69. The summed E-state index contributed by atoms with van der Waals surface area (Å²) in [7, 11) is 0. The summed E-state index contributed by atoms with van der Waals surface area (Å²) in [5.74, 6) is 2.90. The molecule has 5 atom stereocenters. The van der Waals surface area contributed by atoms with Gasteiger partial charge < -0.3 is 10.6 Å². The molecule has 3 nitrogen and oxygen atoms in total. The maximum atomic E-state index is 12.8. The largest absolute Gasteiger partial charge is 0.342 e. The lowest BCUT2D eigenvalue weighted by Crippen LogP contribution is -2.49. The molecule has 2 N–H and O–H groups in total. The van der Waals surface area contributed by atoms with Crippen LogP contribution in [0, 0.1) is 23.7 Å².